The summed E-state index contributed by atoms with van der Waals surface area (Å²) >= 11 is 0. The van der Waals surface area contributed by atoms with Crippen molar-refractivity contribution in [3.8, 4) is 5.75 Å². The Labute approximate surface area is 160 Å². The highest BCUT2D eigenvalue weighted by molar-refractivity contribution is 7.90. The first kappa shape index (κ1) is 22.0. The Morgan fingerprint density at radius 2 is 1.69 bits per heavy atom. The third kappa shape index (κ3) is 7.03. The lowest BCUT2D eigenvalue weighted by atomic mass is 10.2. The van der Waals surface area contributed by atoms with Gasteiger partial charge in [-0.3, -0.25) is 4.79 Å². The molecule has 0 saturated carbocycles. The van der Waals surface area contributed by atoms with Gasteiger partial charge < -0.3 is 15.8 Å². The molecule has 0 unspecified atom stereocenters. The lowest BCUT2D eigenvalue weighted by Crippen LogP contribution is -2.13. The molecule has 1 amide bonds. The highest BCUT2D eigenvalue weighted by atomic mass is 35.5. The molecule has 3 N–H and O–H groups in total. The van der Waals surface area contributed by atoms with E-state index < -0.39 is 9.84 Å². The number of hydrogen-bond donors (Lipinski definition) is 2. The molecule has 0 fully saturated rings. The predicted molar refractivity (Wildman–Crippen MR) is 104 cm³/mol. The van der Waals surface area contributed by atoms with Crippen LogP contribution in [0.25, 0.3) is 0 Å². The second kappa shape index (κ2) is 10.2. The number of carbonyl (C=O) groups is 1. The summed E-state index contributed by atoms with van der Waals surface area (Å²) in [5, 5.41) is 2.81. The molecule has 0 aliphatic rings. The molecule has 8 heteroatoms. The first-order chi connectivity index (χ1) is 11.9. The largest absolute Gasteiger partial charge is 0.494 e. The number of halogens is 1. The van der Waals surface area contributed by atoms with Crippen LogP contribution in [0.15, 0.2) is 53.4 Å². The monoisotopic (exact) mass is 398 g/mol. The van der Waals surface area contributed by atoms with E-state index in [1.54, 1.807) is 12.1 Å². The van der Waals surface area contributed by atoms with Gasteiger partial charge in [-0.15, -0.1) is 12.4 Å². The normalized spacial score (nSPS) is 10.7. The summed E-state index contributed by atoms with van der Waals surface area (Å²) in [6.07, 6.45) is 2.05. The molecule has 26 heavy (non-hydrogen) atoms. The van der Waals surface area contributed by atoms with Gasteiger partial charge in [0.05, 0.1) is 11.5 Å². The zero-order valence-corrected chi connectivity index (χ0v) is 16.1. The summed E-state index contributed by atoms with van der Waals surface area (Å²) in [4.78, 5) is 12.1. The highest BCUT2D eigenvalue weighted by Gasteiger charge is 2.07. The van der Waals surface area contributed by atoms with Crippen molar-refractivity contribution in [1.82, 2.24) is 0 Å². The minimum absolute atomic E-state index is 0. The zero-order chi connectivity index (χ0) is 18.3. The SMILES string of the molecule is CS(=O)(=O)c1ccc(OCCCC(=O)Nc2ccc(CN)cc2)cc1.Cl. The van der Waals surface area contributed by atoms with Crippen LogP contribution in [-0.2, 0) is 21.2 Å². The van der Waals surface area contributed by atoms with E-state index in [2.05, 4.69) is 5.32 Å². The first-order valence-electron chi connectivity index (χ1n) is 7.90. The van der Waals surface area contributed by atoms with Gasteiger partial charge in [-0.1, -0.05) is 12.1 Å². The van der Waals surface area contributed by atoms with E-state index in [0.29, 0.717) is 31.7 Å². The Hall–Kier alpha value is -2.09. The van der Waals surface area contributed by atoms with E-state index in [4.69, 9.17) is 10.5 Å². The Morgan fingerprint density at radius 3 is 2.23 bits per heavy atom. The zero-order valence-electron chi connectivity index (χ0n) is 14.5. The fourth-order valence-electron chi connectivity index (χ4n) is 2.15. The number of amides is 1. The Kier molecular flexibility index (Phi) is 8.57. The minimum atomic E-state index is -3.21. The predicted octanol–water partition coefficient (Wildman–Crippen LogP) is 2.77. The van der Waals surface area contributed by atoms with Gasteiger partial charge in [-0.25, -0.2) is 8.42 Å². The molecule has 6 nitrogen and oxygen atoms in total. The van der Waals surface area contributed by atoms with Gasteiger partial charge in [0, 0.05) is 24.9 Å². The van der Waals surface area contributed by atoms with Crippen molar-refractivity contribution in [1.29, 1.82) is 0 Å². The molecule has 0 radical (unpaired) electrons. The first-order valence-corrected chi connectivity index (χ1v) is 9.79. The fraction of sp³-hybridized carbons (Fsp3) is 0.278. The number of benzene rings is 2. The van der Waals surface area contributed by atoms with Crippen LogP contribution in [0.1, 0.15) is 18.4 Å². The van der Waals surface area contributed by atoms with Gasteiger partial charge in [-0.05, 0) is 48.4 Å². The molecule has 0 bridgehead atoms. The van der Waals surface area contributed by atoms with Crippen LogP contribution in [0.3, 0.4) is 0 Å². The molecule has 0 atom stereocenters. The van der Waals surface area contributed by atoms with Gasteiger partial charge in [-0.2, -0.15) is 0 Å². The lowest BCUT2D eigenvalue weighted by molar-refractivity contribution is -0.116. The van der Waals surface area contributed by atoms with Crippen LogP contribution in [0.2, 0.25) is 0 Å². The number of nitrogens with two attached hydrogens (primary N) is 1. The number of hydrogen-bond acceptors (Lipinski definition) is 5. The van der Waals surface area contributed by atoms with Gasteiger partial charge in [0.15, 0.2) is 9.84 Å². The molecule has 0 spiro atoms. The van der Waals surface area contributed by atoms with Crippen molar-refractivity contribution in [3.63, 3.8) is 0 Å². The molecule has 0 saturated heterocycles. The average Bonchev–Trinajstić information content (AvgIpc) is 2.59. The summed E-state index contributed by atoms with van der Waals surface area (Å²) in [5.74, 6) is 0.488. The van der Waals surface area contributed by atoms with Crippen molar-refractivity contribution < 1.29 is 17.9 Å². The van der Waals surface area contributed by atoms with Crippen LogP contribution in [-0.4, -0.2) is 27.2 Å². The maximum absolute atomic E-state index is 11.9. The molecule has 0 heterocycles. The molecule has 0 aromatic heterocycles. The maximum atomic E-state index is 11.9. The minimum Gasteiger partial charge on any atom is -0.494 e. The van der Waals surface area contributed by atoms with Gasteiger partial charge in [0.25, 0.3) is 0 Å². The van der Waals surface area contributed by atoms with Crippen LogP contribution in [0.5, 0.6) is 5.75 Å². The summed E-state index contributed by atoms with van der Waals surface area (Å²) in [6.45, 7) is 0.842. The smallest absolute Gasteiger partial charge is 0.224 e. The van der Waals surface area contributed by atoms with Gasteiger partial charge in [0.2, 0.25) is 5.91 Å². The second-order valence-corrected chi connectivity index (χ2v) is 7.66. The Bertz CT molecular complexity index is 806. The maximum Gasteiger partial charge on any atom is 0.224 e. The number of rotatable bonds is 8. The van der Waals surface area contributed by atoms with Crippen molar-refractivity contribution >= 4 is 33.8 Å². The lowest BCUT2D eigenvalue weighted by Gasteiger charge is -2.08. The molecule has 2 rings (SSSR count). The molecule has 142 valence electrons. The Morgan fingerprint density at radius 1 is 1.08 bits per heavy atom. The van der Waals surface area contributed by atoms with Crippen LogP contribution < -0.4 is 15.8 Å². The van der Waals surface area contributed by atoms with Crippen molar-refractivity contribution in [2.75, 3.05) is 18.2 Å². The summed E-state index contributed by atoms with van der Waals surface area (Å²) in [6, 6.07) is 13.6. The fourth-order valence-corrected chi connectivity index (χ4v) is 2.78. The van der Waals surface area contributed by atoms with E-state index in [9.17, 15) is 13.2 Å². The number of nitrogens with one attached hydrogen (secondary N) is 1. The highest BCUT2D eigenvalue weighted by Crippen LogP contribution is 2.16. The standard InChI is InChI=1S/C18H22N2O4S.ClH/c1-25(22,23)17-10-8-16(9-11-17)24-12-2-3-18(21)20-15-6-4-14(13-19)5-7-15;/h4-11H,2-3,12-13,19H2,1H3,(H,20,21);1H. The third-order valence-electron chi connectivity index (χ3n) is 3.54. The van der Waals surface area contributed by atoms with Crippen LogP contribution in [0.4, 0.5) is 5.69 Å². The van der Waals surface area contributed by atoms with Crippen LogP contribution >= 0.6 is 12.4 Å². The van der Waals surface area contributed by atoms with Gasteiger partial charge in [0.1, 0.15) is 5.75 Å². The Balaban J connectivity index is 0.00000338. The number of ether oxygens (including phenoxy) is 1. The summed E-state index contributed by atoms with van der Waals surface area (Å²) in [7, 11) is -3.21. The van der Waals surface area contributed by atoms with Crippen molar-refractivity contribution in [2.24, 2.45) is 5.73 Å². The van der Waals surface area contributed by atoms with Crippen LogP contribution in [0, 0.1) is 0 Å². The van der Waals surface area contributed by atoms with E-state index in [1.807, 2.05) is 24.3 Å². The van der Waals surface area contributed by atoms with Gasteiger partial charge >= 0.3 is 0 Å². The molecule has 2 aromatic rings. The number of anilines is 1. The second-order valence-electron chi connectivity index (χ2n) is 5.64. The molecular formula is C18H23ClN2O4S. The number of carbonyl (C=O) groups excluding carboxylic acids is 1. The molecule has 2 aromatic carbocycles. The van der Waals surface area contributed by atoms with E-state index in [-0.39, 0.29) is 23.2 Å². The summed E-state index contributed by atoms with van der Waals surface area (Å²) < 4.78 is 28.3. The number of sulfone groups is 1. The van der Waals surface area contributed by atoms with E-state index in [0.717, 1.165) is 17.5 Å². The molecular weight excluding hydrogens is 376 g/mol. The molecule has 0 aliphatic heterocycles. The average molecular weight is 399 g/mol. The van der Waals surface area contributed by atoms with Crippen molar-refractivity contribution in [3.05, 3.63) is 54.1 Å². The van der Waals surface area contributed by atoms with Crippen molar-refractivity contribution in [2.45, 2.75) is 24.3 Å². The topological polar surface area (TPSA) is 98.5 Å². The quantitative estimate of drug-likeness (QED) is 0.666. The summed E-state index contributed by atoms with van der Waals surface area (Å²) in [5.41, 5.74) is 7.27. The molecule has 0 aliphatic carbocycles. The third-order valence-corrected chi connectivity index (χ3v) is 4.67. The van der Waals surface area contributed by atoms with E-state index >= 15 is 0 Å². The van der Waals surface area contributed by atoms with E-state index in [1.165, 1.54) is 12.1 Å².